The lowest BCUT2D eigenvalue weighted by Crippen LogP contribution is -2.29. The van der Waals surface area contributed by atoms with Gasteiger partial charge in [0.15, 0.2) is 0 Å². The summed E-state index contributed by atoms with van der Waals surface area (Å²) >= 11 is 0. The van der Waals surface area contributed by atoms with Gasteiger partial charge in [0.2, 0.25) is 10.0 Å². The van der Waals surface area contributed by atoms with Crippen molar-refractivity contribution in [3.8, 4) is 0 Å². The average Bonchev–Trinajstić information content (AvgIpc) is 2.35. The third-order valence-corrected chi connectivity index (χ3v) is 4.82. The third kappa shape index (κ3) is 3.92. The first-order chi connectivity index (χ1) is 8.76. The molecule has 1 aromatic carbocycles. The lowest BCUT2D eigenvalue weighted by atomic mass is 10.2. The molecule has 0 bridgehead atoms. The molecule has 6 heteroatoms. The number of nitrogens with two attached hydrogens (primary N) is 1. The highest BCUT2D eigenvalue weighted by atomic mass is 32.2. The predicted molar refractivity (Wildman–Crippen MR) is 78.9 cm³/mol. The number of hydrogen-bond acceptors (Lipinski definition) is 4. The summed E-state index contributed by atoms with van der Waals surface area (Å²) in [5.74, 6) is 0. The third-order valence-electron chi connectivity index (χ3n) is 2.95. The lowest BCUT2D eigenvalue weighted by Gasteiger charge is -2.24. The molecule has 1 unspecified atom stereocenters. The quantitative estimate of drug-likeness (QED) is 0.850. The Bertz CT molecular complexity index is 512. The zero-order valence-corrected chi connectivity index (χ0v) is 12.8. The zero-order chi connectivity index (χ0) is 14.6. The number of para-hydroxylation sites is 1. The van der Waals surface area contributed by atoms with Gasteiger partial charge in [-0.25, -0.2) is 12.7 Å². The summed E-state index contributed by atoms with van der Waals surface area (Å²) in [4.78, 5) is 2.26. The van der Waals surface area contributed by atoms with E-state index in [1.54, 1.807) is 12.1 Å². The van der Waals surface area contributed by atoms with Crippen LogP contribution in [-0.4, -0.2) is 46.5 Å². The second kappa shape index (κ2) is 6.36. The Morgan fingerprint density at radius 1 is 1.21 bits per heavy atom. The highest BCUT2D eigenvalue weighted by Gasteiger charge is 2.22. The minimum atomic E-state index is -3.43. The average molecular weight is 285 g/mol. The fourth-order valence-electron chi connectivity index (χ4n) is 1.71. The van der Waals surface area contributed by atoms with Crippen LogP contribution in [0.1, 0.15) is 13.3 Å². The molecule has 0 aliphatic rings. The van der Waals surface area contributed by atoms with E-state index in [0.717, 1.165) is 13.0 Å². The summed E-state index contributed by atoms with van der Waals surface area (Å²) in [6, 6.07) is 7.12. The van der Waals surface area contributed by atoms with Crippen molar-refractivity contribution in [1.29, 1.82) is 0 Å². The molecule has 5 nitrogen and oxygen atoms in total. The molecule has 1 aromatic rings. The van der Waals surface area contributed by atoms with Crippen molar-refractivity contribution >= 4 is 15.7 Å². The summed E-state index contributed by atoms with van der Waals surface area (Å²) in [6.45, 7) is 2.66. The van der Waals surface area contributed by atoms with Crippen LogP contribution >= 0.6 is 0 Å². The van der Waals surface area contributed by atoms with Crippen LogP contribution in [0.2, 0.25) is 0 Å². The number of hydrogen-bond donors (Lipinski definition) is 1. The Hall–Kier alpha value is -1.11. The molecule has 0 spiro atoms. The van der Waals surface area contributed by atoms with Gasteiger partial charge < -0.3 is 10.6 Å². The molecule has 108 valence electrons. The normalized spacial score (nSPS) is 13.6. The van der Waals surface area contributed by atoms with Crippen molar-refractivity contribution in [1.82, 2.24) is 4.31 Å². The minimum Gasteiger partial charge on any atom is -0.373 e. The summed E-state index contributed by atoms with van der Waals surface area (Å²) < 4.78 is 25.8. The van der Waals surface area contributed by atoms with Gasteiger partial charge >= 0.3 is 0 Å². The van der Waals surface area contributed by atoms with Crippen molar-refractivity contribution in [2.45, 2.75) is 24.3 Å². The van der Waals surface area contributed by atoms with Crippen LogP contribution in [0.15, 0.2) is 29.2 Å². The highest BCUT2D eigenvalue weighted by Crippen LogP contribution is 2.26. The Morgan fingerprint density at radius 2 is 1.79 bits per heavy atom. The van der Waals surface area contributed by atoms with Crippen LogP contribution < -0.4 is 10.6 Å². The van der Waals surface area contributed by atoms with Gasteiger partial charge in [-0.3, -0.25) is 0 Å². The maximum absolute atomic E-state index is 12.3. The van der Waals surface area contributed by atoms with Gasteiger partial charge in [0.1, 0.15) is 4.90 Å². The van der Waals surface area contributed by atoms with E-state index >= 15 is 0 Å². The highest BCUT2D eigenvalue weighted by molar-refractivity contribution is 7.89. The first-order valence-electron chi connectivity index (χ1n) is 6.25. The van der Waals surface area contributed by atoms with Crippen molar-refractivity contribution in [2.24, 2.45) is 5.73 Å². The fourth-order valence-corrected chi connectivity index (χ4v) is 2.84. The molecule has 0 fully saturated rings. The van der Waals surface area contributed by atoms with Gasteiger partial charge in [0.05, 0.1) is 5.69 Å². The molecular formula is C13H23N3O2S. The van der Waals surface area contributed by atoms with Gasteiger partial charge in [0, 0.05) is 33.7 Å². The SMILES string of the molecule is CC(N)CCN(C)c1ccccc1S(=O)(=O)N(C)C. The summed E-state index contributed by atoms with van der Waals surface area (Å²) in [7, 11) is 1.52. The molecule has 1 rings (SSSR count). The second-order valence-corrected chi connectivity index (χ2v) is 7.06. The van der Waals surface area contributed by atoms with E-state index in [1.165, 1.54) is 18.4 Å². The molecule has 0 heterocycles. The van der Waals surface area contributed by atoms with Crippen molar-refractivity contribution < 1.29 is 8.42 Å². The summed E-state index contributed by atoms with van der Waals surface area (Å²) in [5.41, 5.74) is 6.44. The van der Waals surface area contributed by atoms with Crippen LogP contribution in [-0.2, 0) is 10.0 Å². The molecule has 1 atom stereocenters. The molecule has 0 radical (unpaired) electrons. The van der Waals surface area contributed by atoms with Crippen LogP contribution in [0.25, 0.3) is 0 Å². The van der Waals surface area contributed by atoms with Crippen LogP contribution in [0.4, 0.5) is 5.69 Å². The minimum absolute atomic E-state index is 0.0973. The van der Waals surface area contributed by atoms with Crippen LogP contribution in [0.3, 0.4) is 0 Å². The van der Waals surface area contributed by atoms with E-state index in [0.29, 0.717) is 10.6 Å². The summed E-state index contributed by atoms with van der Waals surface area (Å²) in [5, 5.41) is 0. The molecule has 19 heavy (non-hydrogen) atoms. The smallest absolute Gasteiger partial charge is 0.244 e. The van der Waals surface area contributed by atoms with E-state index in [1.807, 2.05) is 31.0 Å². The zero-order valence-electron chi connectivity index (χ0n) is 12.0. The second-order valence-electron chi connectivity index (χ2n) is 4.94. The first-order valence-corrected chi connectivity index (χ1v) is 7.69. The van der Waals surface area contributed by atoms with Gasteiger partial charge in [-0.2, -0.15) is 0 Å². The van der Waals surface area contributed by atoms with Crippen molar-refractivity contribution in [2.75, 3.05) is 32.6 Å². The Kier molecular flexibility index (Phi) is 5.34. The Labute approximate surface area is 116 Å². The standard InChI is InChI=1S/C13H23N3O2S/c1-11(14)9-10-16(4)12-7-5-6-8-13(12)19(17,18)15(2)3/h5-8,11H,9-10,14H2,1-4H3. The largest absolute Gasteiger partial charge is 0.373 e. The molecule has 0 aliphatic heterocycles. The molecule has 0 aliphatic carbocycles. The number of rotatable bonds is 6. The van der Waals surface area contributed by atoms with E-state index in [9.17, 15) is 8.42 Å². The number of benzene rings is 1. The van der Waals surface area contributed by atoms with E-state index < -0.39 is 10.0 Å². The van der Waals surface area contributed by atoms with Gasteiger partial charge in [0.25, 0.3) is 0 Å². The molecular weight excluding hydrogens is 262 g/mol. The Balaban J connectivity index is 3.09. The first kappa shape index (κ1) is 15.9. The number of sulfonamides is 1. The molecule has 0 amide bonds. The van der Waals surface area contributed by atoms with Crippen molar-refractivity contribution in [3.05, 3.63) is 24.3 Å². The van der Waals surface area contributed by atoms with Gasteiger partial charge in [-0.15, -0.1) is 0 Å². The number of anilines is 1. The summed E-state index contributed by atoms with van der Waals surface area (Å²) in [6.07, 6.45) is 0.812. The van der Waals surface area contributed by atoms with E-state index in [-0.39, 0.29) is 6.04 Å². The monoisotopic (exact) mass is 285 g/mol. The van der Waals surface area contributed by atoms with Gasteiger partial charge in [-0.1, -0.05) is 12.1 Å². The van der Waals surface area contributed by atoms with Crippen LogP contribution in [0.5, 0.6) is 0 Å². The lowest BCUT2D eigenvalue weighted by molar-refractivity contribution is 0.520. The fraction of sp³-hybridized carbons (Fsp3) is 0.538. The number of nitrogens with zero attached hydrogens (tertiary/aromatic N) is 2. The molecule has 0 aromatic heterocycles. The molecule has 0 saturated heterocycles. The Morgan fingerprint density at radius 3 is 2.32 bits per heavy atom. The maximum atomic E-state index is 12.3. The molecule has 0 saturated carbocycles. The maximum Gasteiger partial charge on any atom is 0.244 e. The van der Waals surface area contributed by atoms with Gasteiger partial charge in [-0.05, 0) is 25.5 Å². The van der Waals surface area contributed by atoms with Crippen molar-refractivity contribution in [3.63, 3.8) is 0 Å². The topological polar surface area (TPSA) is 66.6 Å². The van der Waals surface area contributed by atoms with E-state index in [2.05, 4.69) is 0 Å². The molecule has 2 N–H and O–H groups in total. The predicted octanol–water partition coefficient (Wildman–Crippen LogP) is 1.11. The van der Waals surface area contributed by atoms with E-state index in [4.69, 9.17) is 5.73 Å². The van der Waals surface area contributed by atoms with Crippen LogP contribution in [0, 0.1) is 0 Å².